The van der Waals surface area contributed by atoms with Crippen LogP contribution in [0.5, 0.6) is 0 Å². The first-order valence-electron chi connectivity index (χ1n) is 11.5. The predicted octanol–water partition coefficient (Wildman–Crippen LogP) is 3.83. The number of likely N-dealkylation sites (tertiary alicyclic amines) is 1. The van der Waals surface area contributed by atoms with Crippen LogP contribution >= 0.6 is 24.0 Å². The van der Waals surface area contributed by atoms with E-state index in [0.29, 0.717) is 36.8 Å². The zero-order valence-electron chi connectivity index (χ0n) is 19.5. The van der Waals surface area contributed by atoms with Crippen LogP contribution in [0.2, 0.25) is 5.02 Å². The van der Waals surface area contributed by atoms with E-state index in [1.54, 1.807) is 0 Å². The minimum atomic E-state index is -0.177. The number of carbonyl (C=O) groups excluding carboxylic acids is 1. The number of halogens is 2. The minimum absolute atomic E-state index is 0. The van der Waals surface area contributed by atoms with E-state index < -0.39 is 0 Å². The molecule has 35 heavy (non-hydrogen) atoms. The maximum atomic E-state index is 13.3. The van der Waals surface area contributed by atoms with Gasteiger partial charge in [0.15, 0.2) is 0 Å². The highest BCUT2D eigenvalue weighted by Crippen LogP contribution is 2.23. The van der Waals surface area contributed by atoms with Gasteiger partial charge in [0, 0.05) is 43.9 Å². The summed E-state index contributed by atoms with van der Waals surface area (Å²) < 4.78 is 2.10. The van der Waals surface area contributed by atoms with Gasteiger partial charge in [0.05, 0.1) is 29.7 Å². The van der Waals surface area contributed by atoms with E-state index in [4.69, 9.17) is 22.6 Å². The molecule has 2 N–H and O–H groups in total. The summed E-state index contributed by atoms with van der Waals surface area (Å²) in [5.41, 5.74) is 9.63. The first-order valence-corrected chi connectivity index (χ1v) is 11.9. The fourth-order valence-corrected chi connectivity index (χ4v) is 4.64. The van der Waals surface area contributed by atoms with Crippen LogP contribution in [0.15, 0.2) is 61.1 Å². The fraction of sp³-hybridized carbons (Fsp3) is 0.346. The zero-order valence-corrected chi connectivity index (χ0v) is 21.1. The van der Waals surface area contributed by atoms with Crippen molar-refractivity contribution in [3.63, 3.8) is 0 Å². The molecule has 2 aromatic carbocycles. The molecule has 4 rings (SSSR count). The second-order valence-electron chi connectivity index (χ2n) is 8.63. The van der Waals surface area contributed by atoms with Crippen LogP contribution in [0, 0.1) is 11.3 Å². The van der Waals surface area contributed by atoms with Gasteiger partial charge >= 0.3 is 0 Å². The topological polar surface area (TPSA) is 91.2 Å². The number of hydrogen-bond acceptors (Lipinski definition) is 5. The first-order chi connectivity index (χ1) is 16.6. The van der Waals surface area contributed by atoms with Gasteiger partial charge in [-0.3, -0.25) is 9.69 Å². The number of benzene rings is 2. The summed E-state index contributed by atoms with van der Waals surface area (Å²) in [6.07, 6.45) is 5.29. The van der Waals surface area contributed by atoms with E-state index in [1.807, 2.05) is 66.0 Å². The van der Waals surface area contributed by atoms with Crippen molar-refractivity contribution in [2.45, 2.75) is 38.5 Å². The highest BCUT2D eigenvalue weighted by Gasteiger charge is 2.36. The Morgan fingerprint density at radius 3 is 2.69 bits per heavy atom. The summed E-state index contributed by atoms with van der Waals surface area (Å²) in [5.74, 6) is 0.148. The third kappa shape index (κ3) is 6.83. The van der Waals surface area contributed by atoms with E-state index >= 15 is 0 Å². The number of imidazole rings is 1. The molecule has 1 atom stereocenters. The normalized spacial score (nSPS) is 15.3. The molecular formula is C26H30Cl2N6O. The Hall–Kier alpha value is -2.89. The molecule has 2 heterocycles. The number of nitriles is 1. The van der Waals surface area contributed by atoms with Crippen LogP contribution in [0.4, 0.5) is 0 Å². The Labute approximate surface area is 217 Å². The van der Waals surface area contributed by atoms with Gasteiger partial charge in [-0.1, -0.05) is 35.9 Å². The molecule has 0 unspecified atom stereocenters. The number of hydrogen-bond donors (Lipinski definition) is 1. The van der Waals surface area contributed by atoms with Gasteiger partial charge in [0.2, 0.25) is 5.91 Å². The SMILES string of the molecule is Cl.N#Cc1ccc(Cn2cncc2CN(CCCN)[C@H]2CCN(Cc3cccc(Cl)c3)C2=O)cc1. The fourth-order valence-electron chi connectivity index (χ4n) is 4.43. The Kier molecular flexibility index (Phi) is 9.70. The Balaban J connectivity index is 0.00000342. The second kappa shape index (κ2) is 12.7. The molecule has 1 fully saturated rings. The van der Waals surface area contributed by atoms with Crippen molar-refractivity contribution in [3.05, 3.63) is 88.5 Å². The molecular weight excluding hydrogens is 483 g/mol. The van der Waals surface area contributed by atoms with Crippen LogP contribution < -0.4 is 5.73 Å². The molecule has 1 aromatic heterocycles. The average Bonchev–Trinajstić information content (AvgIpc) is 3.43. The van der Waals surface area contributed by atoms with Crippen LogP contribution in [0.3, 0.4) is 0 Å². The summed E-state index contributed by atoms with van der Waals surface area (Å²) in [6, 6.07) is 17.2. The van der Waals surface area contributed by atoms with Gasteiger partial charge in [-0.25, -0.2) is 4.98 Å². The van der Waals surface area contributed by atoms with E-state index in [0.717, 1.165) is 42.8 Å². The number of rotatable bonds is 10. The summed E-state index contributed by atoms with van der Waals surface area (Å²) in [6.45, 7) is 3.90. The van der Waals surface area contributed by atoms with Crippen molar-refractivity contribution in [1.82, 2.24) is 19.4 Å². The molecule has 7 nitrogen and oxygen atoms in total. The standard InChI is InChI=1S/C26H29ClN6O.ClH/c27-23-4-1-3-22(13-23)17-32-12-9-25(26(32)34)31(11-2-10-28)18-24-15-30-19-33(24)16-21-7-5-20(14-29)6-8-21;/h1,3-8,13,15,19,25H,2,9-12,16-18,28H2;1H/t25-;/m0./s1. The van der Waals surface area contributed by atoms with Gasteiger partial charge in [-0.05, 0) is 54.8 Å². The minimum Gasteiger partial charge on any atom is -0.337 e. The molecule has 1 aliphatic heterocycles. The number of carbonyl (C=O) groups is 1. The maximum absolute atomic E-state index is 13.3. The monoisotopic (exact) mass is 512 g/mol. The van der Waals surface area contributed by atoms with Gasteiger partial charge in [-0.2, -0.15) is 5.26 Å². The van der Waals surface area contributed by atoms with Crippen LogP contribution in [0.1, 0.15) is 35.2 Å². The lowest BCUT2D eigenvalue weighted by molar-refractivity contribution is -0.132. The number of nitrogens with zero attached hydrogens (tertiary/aromatic N) is 5. The van der Waals surface area contributed by atoms with Crippen molar-refractivity contribution >= 4 is 29.9 Å². The second-order valence-corrected chi connectivity index (χ2v) is 9.06. The molecule has 0 saturated carbocycles. The molecule has 0 spiro atoms. The third-order valence-electron chi connectivity index (χ3n) is 6.22. The molecule has 3 aromatic rings. The van der Waals surface area contributed by atoms with Gasteiger partial charge in [0.1, 0.15) is 0 Å². The molecule has 184 valence electrons. The first kappa shape index (κ1) is 26.7. The van der Waals surface area contributed by atoms with Crippen molar-refractivity contribution in [2.75, 3.05) is 19.6 Å². The largest absolute Gasteiger partial charge is 0.337 e. The molecule has 0 radical (unpaired) electrons. The molecule has 1 aliphatic rings. The van der Waals surface area contributed by atoms with Gasteiger partial charge in [0.25, 0.3) is 0 Å². The summed E-state index contributed by atoms with van der Waals surface area (Å²) in [7, 11) is 0. The van der Waals surface area contributed by atoms with Crippen LogP contribution in [-0.4, -0.2) is 50.9 Å². The van der Waals surface area contributed by atoms with Crippen molar-refractivity contribution in [3.8, 4) is 6.07 Å². The smallest absolute Gasteiger partial charge is 0.240 e. The van der Waals surface area contributed by atoms with Crippen molar-refractivity contribution < 1.29 is 4.79 Å². The molecule has 0 aliphatic carbocycles. The van der Waals surface area contributed by atoms with Crippen LogP contribution in [-0.2, 0) is 24.4 Å². The molecule has 1 amide bonds. The van der Waals surface area contributed by atoms with E-state index in [-0.39, 0.29) is 24.4 Å². The van der Waals surface area contributed by atoms with E-state index in [2.05, 4.69) is 20.5 Å². The van der Waals surface area contributed by atoms with E-state index in [9.17, 15) is 4.79 Å². The summed E-state index contributed by atoms with van der Waals surface area (Å²) in [4.78, 5) is 21.8. The van der Waals surface area contributed by atoms with Gasteiger partial charge < -0.3 is 15.2 Å². The maximum Gasteiger partial charge on any atom is 0.240 e. The lowest BCUT2D eigenvalue weighted by Gasteiger charge is -2.28. The average molecular weight is 513 g/mol. The molecule has 1 saturated heterocycles. The quantitative estimate of drug-likeness (QED) is 0.445. The lowest BCUT2D eigenvalue weighted by Crippen LogP contribution is -2.42. The molecule has 0 bridgehead atoms. The predicted molar refractivity (Wildman–Crippen MR) is 139 cm³/mol. The summed E-state index contributed by atoms with van der Waals surface area (Å²) >= 11 is 6.12. The summed E-state index contributed by atoms with van der Waals surface area (Å²) in [5, 5.41) is 9.70. The Bertz CT molecular complexity index is 1160. The highest BCUT2D eigenvalue weighted by atomic mass is 35.5. The van der Waals surface area contributed by atoms with Crippen molar-refractivity contribution in [1.29, 1.82) is 5.26 Å². The highest BCUT2D eigenvalue weighted by molar-refractivity contribution is 6.30. The van der Waals surface area contributed by atoms with Crippen LogP contribution in [0.25, 0.3) is 0 Å². The molecule has 9 heteroatoms. The Morgan fingerprint density at radius 2 is 1.97 bits per heavy atom. The lowest BCUT2D eigenvalue weighted by atomic mass is 10.1. The number of nitrogens with two attached hydrogens (primary N) is 1. The zero-order chi connectivity index (χ0) is 23.9. The van der Waals surface area contributed by atoms with Gasteiger partial charge in [-0.15, -0.1) is 12.4 Å². The number of amides is 1. The third-order valence-corrected chi connectivity index (χ3v) is 6.46. The Morgan fingerprint density at radius 1 is 1.17 bits per heavy atom. The van der Waals surface area contributed by atoms with E-state index in [1.165, 1.54) is 0 Å². The van der Waals surface area contributed by atoms with Crippen molar-refractivity contribution in [2.24, 2.45) is 5.73 Å². The number of aromatic nitrogens is 2.